The van der Waals surface area contributed by atoms with Crippen molar-refractivity contribution in [1.82, 2.24) is 0 Å². The van der Waals surface area contributed by atoms with Gasteiger partial charge in [0.2, 0.25) is 5.91 Å². The first-order chi connectivity index (χ1) is 8.24. The van der Waals surface area contributed by atoms with Crippen molar-refractivity contribution in [2.45, 2.75) is 12.3 Å². The van der Waals surface area contributed by atoms with Crippen LogP contribution >= 0.6 is 15.9 Å². The molecular formula is C13H10BrNO2. The number of carbonyl (C=O) groups excluding carboxylic acids is 1. The molecule has 0 spiro atoms. The lowest BCUT2D eigenvalue weighted by Gasteiger charge is -2.06. The average Bonchev–Trinajstić information content (AvgIpc) is 2.90. The molecular weight excluding hydrogens is 282 g/mol. The molecule has 0 fully saturated rings. The summed E-state index contributed by atoms with van der Waals surface area (Å²) in [4.78, 5) is 11.9. The first kappa shape index (κ1) is 10.6. The largest absolute Gasteiger partial charge is 0.469 e. The minimum Gasteiger partial charge on any atom is -0.469 e. The summed E-state index contributed by atoms with van der Waals surface area (Å²) >= 11 is 3.43. The van der Waals surface area contributed by atoms with E-state index in [0.29, 0.717) is 6.42 Å². The molecule has 2 heterocycles. The molecule has 0 aliphatic carbocycles. The summed E-state index contributed by atoms with van der Waals surface area (Å²) in [7, 11) is 0. The Balaban J connectivity index is 1.96. The molecule has 1 amide bonds. The SMILES string of the molecule is O=C1Nc2ccc(Br)cc2C1Cc1ccco1. The number of hydrogen-bond acceptors (Lipinski definition) is 2. The monoisotopic (exact) mass is 291 g/mol. The number of rotatable bonds is 2. The van der Waals surface area contributed by atoms with Crippen molar-refractivity contribution in [2.75, 3.05) is 5.32 Å². The molecule has 1 aromatic heterocycles. The van der Waals surface area contributed by atoms with E-state index in [1.807, 2.05) is 30.3 Å². The summed E-state index contributed by atoms with van der Waals surface area (Å²) in [5.74, 6) is 0.709. The lowest BCUT2D eigenvalue weighted by Crippen LogP contribution is -2.13. The van der Waals surface area contributed by atoms with E-state index in [4.69, 9.17) is 4.42 Å². The Hall–Kier alpha value is -1.55. The minimum absolute atomic E-state index is 0.0366. The van der Waals surface area contributed by atoms with Gasteiger partial charge in [0, 0.05) is 16.6 Å². The van der Waals surface area contributed by atoms with Crippen LogP contribution in [0.15, 0.2) is 45.5 Å². The van der Waals surface area contributed by atoms with E-state index in [1.165, 1.54) is 0 Å². The fourth-order valence-corrected chi connectivity index (χ4v) is 2.51. The Bertz CT molecular complexity index is 563. The van der Waals surface area contributed by atoms with Gasteiger partial charge in [0.1, 0.15) is 5.76 Å². The van der Waals surface area contributed by atoms with E-state index >= 15 is 0 Å². The van der Waals surface area contributed by atoms with Crippen LogP contribution in [0.1, 0.15) is 17.2 Å². The van der Waals surface area contributed by atoms with Crippen molar-refractivity contribution in [3.8, 4) is 0 Å². The molecule has 0 saturated heterocycles. The normalized spacial score (nSPS) is 17.9. The fraction of sp³-hybridized carbons (Fsp3) is 0.154. The van der Waals surface area contributed by atoms with Crippen molar-refractivity contribution < 1.29 is 9.21 Å². The maximum absolute atomic E-state index is 11.9. The number of amides is 1. The summed E-state index contributed by atoms with van der Waals surface area (Å²) in [6, 6.07) is 9.56. The molecule has 1 N–H and O–H groups in total. The average molecular weight is 292 g/mol. The molecule has 2 aromatic rings. The van der Waals surface area contributed by atoms with Gasteiger partial charge >= 0.3 is 0 Å². The molecule has 86 valence electrons. The van der Waals surface area contributed by atoms with Gasteiger partial charge in [-0.05, 0) is 35.9 Å². The van der Waals surface area contributed by atoms with Crippen LogP contribution in [0.4, 0.5) is 5.69 Å². The molecule has 3 nitrogen and oxygen atoms in total. The number of nitrogens with one attached hydrogen (secondary N) is 1. The van der Waals surface area contributed by atoms with Gasteiger partial charge < -0.3 is 9.73 Å². The van der Waals surface area contributed by atoms with E-state index in [0.717, 1.165) is 21.5 Å². The zero-order valence-electron chi connectivity index (χ0n) is 8.94. The molecule has 1 atom stereocenters. The predicted octanol–water partition coefficient (Wildman–Crippen LogP) is 3.32. The van der Waals surface area contributed by atoms with Crippen LogP contribution in [0.2, 0.25) is 0 Å². The van der Waals surface area contributed by atoms with Gasteiger partial charge in [0.25, 0.3) is 0 Å². The number of hydrogen-bond donors (Lipinski definition) is 1. The second-order valence-corrected chi connectivity index (χ2v) is 4.97. The summed E-state index contributed by atoms with van der Waals surface area (Å²) in [6.07, 6.45) is 2.23. The van der Waals surface area contributed by atoms with Crippen molar-refractivity contribution in [1.29, 1.82) is 0 Å². The predicted molar refractivity (Wildman–Crippen MR) is 67.9 cm³/mol. The zero-order chi connectivity index (χ0) is 11.8. The van der Waals surface area contributed by atoms with Gasteiger partial charge in [-0.2, -0.15) is 0 Å². The molecule has 1 aliphatic rings. The minimum atomic E-state index is -0.159. The number of furan rings is 1. The maximum Gasteiger partial charge on any atom is 0.232 e. The zero-order valence-corrected chi connectivity index (χ0v) is 10.5. The molecule has 1 aromatic carbocycles. The van der Waals surface area contributed by atoms with Gasteiger partial charge in [-0.15, -0.1) is 0 Å². The molecule has 4 heteroatoms. The summed E-state index contributed by atoms with van der Waals surface area (Å²) in [5, 5.41) is 2.89. The first-order valence-electron chi connectivity index (χ1n) is 5.37. The van der Waals surface area contributed by atoms with E-state index in [1.54, 1.807) is 6.26 Å². The Morgan fingerprint density at radius 1 is 1.35 bits per heavy atom. The summed E-state index contributed by atoms with van der Waals surface area (Å²) in [6.45, 7) is 0. The highest BCUT2D eigenvalue weighted by molar-refractivity contribution is 9.10. The first-order valence-corrected chi connectivity index (χ1v) is 6.16. The molecule has 0 saturated carbocycles. The van der Waals surface area contributed by atoms with E-state index in [-0.39, 0.29) is 11.8 Å². The van der Waals surface area contributed by atoms with Crippen LogP contribution in [0.5, 0.6) is 0 Å². The third-order valence-corrected chi connectivity index (χ3v) is 3.44. The molecule has 0 bridgehead atoms. The van der Waals surface area contributed by atoms with Gasteiger partial charge in [0.05, 0.1) is 12.2 Å². The number of carbonyl (C=O) groups is 1. The van der Waals surface area contributed by atoms with E-state index in [2.05, 4.69) is 21.2 Å². The second kappa shape index (κ2) is 4.04. The number of anilines is 1. The quantitative estimate of drug-likeness (QED) is 0.922. The summed E-state index contributed by atoms with van der Waals surface area (Å²) < 4.78 is 6.28. The number of fused-ring (bicyclic) bond motifs is 1. The number of halogens is 1. The molecule has 0 radical (unpaired) electrons. The third kappa shape index (κ3) is 1.89. The van der Waals surface area contributed by atoms with Crippen LogP contribution in [-0.4, -0.2) is 5.91 Å². The molecule has 1 aliphatic heterocycles. The number of benzene rings is 1. The third-order valence-electron chi connectivity index (χ3n) is 2.95. The van der Waals surface area contributed by atoms with Gasteiger partial charge in [-0.3, -0.25) is 4.79 Å². The Morgan fingerprint density at radius 2 is 2.24 bits per heavy atom. The Kier molecular flexibility index (Phi) is 2.52. The van der Waals surface area contributed by atoms with Gasteiger partial charge in [-0.1, -0.05) is 15.9 Å². The van der Waals surface area contributed by atoms with Crippen LogP contribution in [0, 0.1) is 0 Å². The summed E-state index contributed by atoms with van der Waals surface area (Å²) in [5.41, 5.74) is 1.93. The molecule has 17 heavy (non-hydrogen) atoms. The topological polar surface area (TPSA) is 42.2 Å². The molecule has 3 rings (SSSR count). The van der Waals surface area contributed by atoms with Gasteiger partial charge in [-0.25, -0.2) is 0 Å². The van der Waals surface area contributed by atoms with Crippen molar-refractivity contribution in [3.05, 3.63) is 52.4 Å². The highest BCUT2D eigenvalue weighted by Gasteiger charge is 2.31. The van der Waals surface area contributed by atoms with Crippen LogP contribution in [0.25, 0.3) is 0 Å². The van der Waals surface area contributed by atoms with Crippen LogP contribution < -0.4 is 5.32 Å². The lowest BCUT2D eigenvalue weighted by molar-refractivity contribution is -0.117. The van der Waals surface area contributed by atoms with Crippen LogP contribution in [-0.2, 0) is 11.2 Å². The van der Waals surface area contributed by atoms with Gasteiger partial charge in [0.15, 0.2) is 0 Å². The smallest absolute Gasteiger partial charge is 0.232 e. The Morgan fingerprint density at radius 3 is 3.00 bits per heavy atom. The lowest BCUT2D eigenvalue weighted by atomic mass is 9.96. The van der Waals surface area contributed by atoms with Crippen molar-refractivity contribution >= 4 is 27.5 Å². The van der Waals surface area contributed by atoms with Crippen molar-refractivity contribution in [2.24, 2.45) is 0 Å². The maximum atomic E-state index is 11.9. The fourth-order valence-electron chi connectivity index (χ4n) is 2.13. The van der Waals surface area contributed by atoms with E-state index in [9.17, 15) is 4.79 Å². The Labute approximate surface area is 107 Å². The highest BCUT2D eigenvalue weighted by Crippen LogP contribution is 2.36. The van der Waals surface area contributed by atoms with Crippen molar-refractivity contribution in [3.63, 3.8) is 0 Å². The van der Waals surface area contributed by atoms with E-state index < -0.39 is 0 Å². The standard InChI is InChI=1S/C13H10BrNO2/c14-8-3-4-12-10(6-8)11(13(16)15-12)7-9-2-1-5-17-9/h1-6,11H,7H2,(H,15,16). The second-order valence-electron chi connectivity index (χ2n) is 4.06. The van der Waals surface area contributed by atoms with Crippen LogP contribution in [0.3, 0.4) is 0 Å². The highest BCUT2D eigenvalue weighted by atomic mass is 79.9. The molecule has 1 unspecified atom stereocenters.